The zero-order valence-corrected chi connectivity index (χ0v) is 18.0. The van der Waals surface area contributed by atoms with Gasteiger partial charge in [0.15, 0.2) is 0 Å². The van der Waals surface area contributed by atoms with Crippen LogP contribution in [0.4, 0.5) is 5.69 Å². The third-order valence-electron chi connectivity index (χ3n) is 5.29. The van der Waals surface area contributed by atoms with E-state index >= 15 is 0 Å². The largest absolute Gasteiger partial charge is 0.310 e. The molecule has 2 heteroatoms. The first-order valence-electron chi connectivity index (χ1n) is 10.5. The molecular formula is C29H23NS. The number of benzene rings is 4. The van der Waals surface area contributed by atoms with Crippen LogP contribution in [0.2, 0.25) is 0 Å². The van der Waals surface area contributed by atoms with E-state index in [-0.39, 0.29) is 5.25 Å². The molecule has 1 aliphatic rings. The van der Waals surface area contributed by atoms with Gasteiger partial charge in [0.25, 0.3) is 0 Å². The molecule has 0 unspecified atom stereocenters. The molecule has 1 nitrogen and oxygen atoms in total. The van der Waals surface area contributed by atoms with Gasteiger partial charge in [-0.1, -0.05) is 97.1 Å². The first kappa shape index (κ1) is 19.5. The standard InChI is InChI=1S/C29H23NS/c1-5-13-23(14-6-1)28-21-27(31-26-19-11-4-12-20-26)22-29(24-15-7-2-8-16-24)30(28)25-17-9-3-10-18-25/h1-22,27H. The Bertz CT molecular complexity index is 1130. The highest BCUT2D eigenvalue weighted by Gasteiger charge is 2.26. The molecule has 0 radical (unpaired) electrons. The van der Waals surface area contributed by atoms with Crippen molar-refractivity contribution in [3.8, 4) is 0 Å². The van der Waals surface area contributed by atoms with E-state index in [0.717, 1.165) is 5.69 Å². The average molecular weight is 418 g/mol. The molecule has 1 aliphatic heterocycles. The van der Waals surface area contributed by atoms with Crippen LogP contribution in [0.5, 0.6) is 0 Å². The fourth-order valence-corrected chi connectivity index (χ4v) is 4.91. The maximum absolute atomic E-state index is 2.38. The van der Waals surface area contributed by atoms with E-state index < -0.39 is 0 Å². The van der Waals surface area contributed by atoms with Gasteiger partial charge in [-0.15, -0.1) is 11.8 Å². The first-order valence-corrected chi connectivity index (χ1v) is 11.4. The van der Waals surface area contributed by atoms with E-state index in [1.165, 1.54) is 27.4 Å². The minimum Gasteiger partial charge on any atom is -0.310 e. The second-order valence-electron chi connectivity index (χ2n) is 7.40. The van der Waals surface area contributed by atoms with Gasteiger partial charge in [-0.3, -0.25) is 0 Å². The monoisotopic (exact) mass is 417 g/mol. The number of anilines is 1. The number of hydrogen-bond donors (Lipinski definition) is 0. The molecule has 0 saturated heterocycles. The molecule has 0 bridgehead atoms. The molecule has 0 spiro atoms. The van der Waals surface area contributed by atoms with Crippen LogP contribution in [0.15, 0.2) is 138 Å². The van der Waals surface area contributed by atoms with Gasteiger partial charge < -0.3 is 4.90 Å². The summed E-state index contributed by atoms with van der Waals surface area (Å²) in [6.07, 6.45) is 4.76. The molecule has 4 aromatic rings. The van der Waals surface area contributed by atoms with Gasteiger partial charge >= 0.3 is 0 Å². The van der Waals surface area contributed by atoms with E-state index in [2.05, 4.69) is 138 Å². The van der Waals surface area contributed by atoms with Crippen LogP contribution in [0.3, 0.4) is 0 Å². The molecule has 0 fully saturated rings. The second kappa shape index (κ2) is 9.11. The molecule has 0 aromatic heterocycles. The fourth-order valence-electron chi connectivity index (χ4n) is 3.89. The molecular weight excluding hydrogens is 394 g/mol. The lowest BCUT2D eigenvalue weighted by atomic mass is 10.00. The molecule has 1 heterocycles. The van der Waals surface area contributed by atoms with Crippen LogP contribution in [-0.4, -0.2) is 5.25 Å². The van der Waals surface area contributed by atoms with Crippen molar-refractivity contribution in [2.24, 2.45) is 0 Å². The lowest BCUT2D eigenvalue weighted by Gasteiger charge is -2.35. The Morgan fingerprint density at radius 3 is 1.39 bits per heavy atom. The van der Waals surface area contributed by atoms with Gasteiger partial charge in [0, 0.05) is 10.6 Å². The third-order valence-corrected chi connectivity index (χ3v) is 6.38. The number of nitrogens with zero attached hydrogens (tertiary/aromatic N) is 1. The minimum absolute atomic E-state index is 0.229. The first-order chi connectivity index (χ1) is 15.4. The summed E-state index contributed by atoms with van der Waals surface area (Å²) < 4.78 is 0. The Labute approximate surface area is 188 Å². The average Bonchev–Trinajstić information content (AvgIpc) is 2.86. The molecule has 0 atom stereocenters. The van der Waals surface area contributed by atoms with Crippen molar-refractivity contribution in [1.29, 1.82) is 0 Å². The quantitative estimate of drug-likeness (QED) is 0.326. The smallest absolute Gasteiger partial charge is 0.0508 e. The second-order valence-corrected chi connectivity index (χ2v) is 8.65. The highest BCUT2D eigenvalue weighted by atomic mass is 32.2. The van der Waals surface area contributed by atoms with Gasteiger partial charge in [0.2, 0.25) is 0 Å². The number of para-hydroxylation sites is 1. The molecule has 0 amide bonds. The Morgan fingerprint density at radius 2 is 0.903 bits per heavy atom. The highest BCUT2D eigenvalue weighted by molar-refractivity contribution is 8.00. The van der Waals surface area contributed by atoms with Crippen molar-refractivity contribution in [3.05, 3.63) is 145 Å². The van der Waals surface area contributed by atoms with Crippen molar-refractivity contribution in [1.82, 2.24) is 0 Å². The predicted octanol–water partition coefficient (Wildman–Crippen LogP) is 7.75. The van der Waals surface area contributed by atoms with Crippen LogP contribution in [-0.2, 0) is 0 Å². The summed E-state index contributed by atoms with van der Waals surface area (Å²) >= 11 is 1.88. The Kier molecular flexibility index (Phi) is 5.72. The molecule has 4 aromatic carbocycles. The summed E-state index contributed by atoms with van der Waals surface area (Å²) in [6, 6.07) is 42.6. The van der Waals surface area contributed by atoms with Crippen molar-refractivity contribution in [2.45, 2.75) is 10.1 Å². The van der Waals surface area contributed by atoms with E-state index in [0.29, 0.717) is 0 Å². The summed E-state index contributed by atoms with van der Waals surface area (Å²) in [6.45, 7) is 0. The molecule has 5 rings (SSSR count). The van der Waals surface area contributed by atoms with E-state index in [9.17, 15) is 0 Å². The zero-order valence-electron chi connectivity index (χ0n) is 17.1. The van der Waals surface area contributed by atoms with Gasteiger partial charge in [0.1, 0.15) is 0 Å². The third kappa shape index (κ3) is 4.35. The van der Waals surface area contributed by atoms with E-state index in [1.54, 1.807) is 0 Å². The maximum Gasteiger partial charge on any atom is 0.0508 e. The number of hydrogen-bond acceptors (Lipinski definition) is 2. The summed E-state index contributed by atoms with van der Waals surface area (Å²) in [4.78, 5) is 3.65. The van der Waals surface area contributed by atoms with Gasteiger partial charge in [0.05, 0.1) is 16.6 Å². The van der Waals surface area contributed by atoms with E-state index in [1.807, 2.05) is 11.8 Å². The van der Waals surface area contributed by atoms with Crippen LogP contribution in [0.25, 0.3) is 11.4 Å². The Morgan fingerprint density at radius 1 is 0.484 bits per heavy atom. The summed E-state index contributed by atoms with van der Waals surface area (Å²) in [5.74, 6) is 0. The number of rotatable bonds is 5. The molecule has 0 N–H and O–H groups in total. The van der Waals surface area contributed by atoms with Crippen LogP contribution < -0.4 is 4.90 Å². The molecule has 150 valence electrons. The van der Waals surface area contributed by atoms with Crippen LogP contribution in [0.1, 0.15) is 11.1 Å². The lowest BCUT2D eigenvalue weighted by molar-refractivity contribution is 1.22. The summed E-state index contributed by atoms with van der Waals surface area (Å²) in [7, 11) is 0. The minimum atomic E-state index is 0.229. The van der Waals surface area contributed by atoms with Crippen LogP contribution >= 0.6 is 11.8 Å². The number of thioether (sulfide) groups is 1. The van der Waals surface area contributed by atoms with Gasteiger partial charge in [-0.25, -0.2) is 0 Å². The highest BCUT2D eigenvalue weighted by Crippen LogP contribution is 2.41. The normalized spacial score (nSPS) is 14.1. The molecule has 0 saturated carbocycles. The van der Waals surface area contributed by atoms with Gasteiger partial charge in [-0.2, -0.15) is 0 Å². The molecule has 31 heavy (non-hydrogen) atoms. The Hall–Kier alpha value is -3.49. The topological polar surface area (TPSA) is 3.24 Å². The Balaban J connectivity index is 1.66. The summed E-state index contributed by atoms with van der Waals surface area (Å²) in [5, 5.41) is 0.229. The lowest BCUT2D eigenvalue weighted by Crippen LogP contribution is -2.25. The van der Waals surface area contributed by atoms with Crippen molar-refractivity contribution >= 4 is 28.8 Å². The maximum atomic E-state index is 2.38. The van der Waals surface area contributed by atoms with E-state index in [4.69, 9.17) is 0 Å². The van der Waals surface area contributed by atoms with Crippen molar-refractivity contribution in [3.63, 3.8) is 0 Å². The van der Waals surface area contributed by atoms with Crippen LogP contribution in [0, 0.1) is 0 Å². The SMILES string of the molecule is C1=C(c2ccccc2)N(c2ccccc2)C(c2ccccc2)=CC1Sc1ccccc1. The predicted molar refractivity (Wildman–Crippen MR) is 134 cm³/mol. The fraction of sp³-hybridized carbons (Fsp3) is 0.0345. The summed E-state index contributed by atoms with van der Waals surface area (Å²) in [5.41, 5.74) is 6.01. The molecule has 0 aliphatic carbocycles. The van der Waals surface area contributed by atoms with Crippen molar-refractivity contribution in [2.75, 3.05) is 4.90 Å². The zero-order chi connectivity index (χ0) is 20.9. The van der Waals surface area contributed by atoms with Crippen molar-refractivity contribution < 1.29 is 0 Å². The van der Waals surface area contributed by atoms with Gasteiger partial charge in [-0.05, 0) is 47.5 Å².